The monoisotopic (exact) mass is 380 g/mol. The minimum atomic E-state index is -0.524. The average Bonchev–Trinajstić information content (AvgIpc) is 2.54. The number of carbonyl (C=O) groups excluding carboxylic acids is 1. The molecule has 1 amide bonds. The molecule has 0 bridgehead atoms. The zero-order valence-corrected chi connectivity index (χ0v) is 16.1. The van der Waals surface area contributed by atoms with Gasteiger partial charge in [-0.2, -0.15) is 0 Å². The van der Waals surface area contributed by atoms with Gasteiger partial charge in [-0.1, -0.05) is 11.6 Å². The Balaban J connectivity index is 1.76. The Morgan fingerprint density at radius 2 is 1.77 bits per heavy atom. The number of hydrogen-bond acceptors (Lipinski definition) is 5. The molecule has 0 radical (unpaired) electrons. The van der Waals surface area contributed by atoms with Gasteiger partial charge in [-0.15, -0.1) is 0 Å². The lowest BCUT2D eigenvalue weighted by molar-refractivity contribution is 0.0240. The van der Waals surface area contributed by atoms with E-state index in [1.54, 1.807) is 17.9 Å². The van der Waals surface area contributed by atoms with Gasteiger partial charge in [-0.25, -0.2) is 19.2 Å². The summed E-state index contributed by atoms with van der Waals surface area (Å²) in [5.41, 5.74) is 0.998. The van der Waals surface area contributed by atoms with Crippen molar-refractivity contribution < 1.29 is 13.9 Å². The molecule has 0 aliphatic carbocycles. The lowest BCUT2D eigenvalue weighted by atomic mass is 10.2. The highest BCUT2D eigenvalue weighted by Crippen LogP contribution is 2.27. The summed E-state index contributed by atoms with van der Waals surface area (Å²) in [6, 6.07) is 3.00. The van der Waals surface area contributed by atoms with E-state index in [0.29, 0.717) is 48.6 Å². The van der Waals surface area contributed by atoms with Crippen molar-refractivity contribution in [2.75, 3.05) is 31.1 Å². The Hall–Kier alpha value is -2.15. The van der Waals surface area contributed by atoms with Crippen LogP contribution in [0.5, 0.6) is 0 Å². The van der Waals surface area contributed by atoms with Gasteiger partial charge in [-0.05, 0) is 39.3 Å². The molecule has 0 atom stereocenters. The zero-order chi connectivity index (χ0) is 19.1. The van der Waals surface area contributed by atoms with E-state index in [4.69, 9.17) is 16.3 Å². The number of hydrogen-bond donors (Lipinski definition) is 0. The fourth-order valence-electron chi connectivity index (χ4n) is 2.78. The van der Waals surface area contributed by atoms with Crippen molar-refractivity contribution in [2.24, 2.45) is 0 Å². The van der Waals surface area contributed by atoms with Gasteiger partial charge in [0.05, 0.1) is 11.0 Å². The van der Waals surface area contributed by atoms with Crippen LogP contribution in [0, 0.1) is 12.7 Å². The van der Waals surface area contributed by atoms with Crippen molar-refractivity contribution in [2.45, 2.75) is 33.3 Å². The highest BCUT2D eigenvalue weighted by molar-refractivity contribution is 6.32. The molecule has 0 N–H and O–H groups in total. The van der Waals surface area contributed by atoms with Crippen LogP contribution < -0.4 is 4.90 Å². The van der Waals surface area contributed by atoms with E-state index >= 15 is 0 Å². The first-order valence-corrected chi connectivity index (χ1v) is 8.88. The number of nitrogens with zero attached hydrogens (tertiary/aromatic N) is 4. The molecule has 1 fully saturated rings. The van der Waals surface area contributed by atoms with Crippen LogP contribution >= 0.6 is 11.6 Å². The third-order valence-corrected chi connectivity index (χ3v) is 4.37. The van der Waals surface area contributed by atoms with E-state index in [1.807, 2.05) is 25.7 Å². The molecule has 1 aromatic carbocycles. The highest BCUT2D eigenvalue weighted by atomic mass is 35.5. The SMILES string of the molecule is Cc1cc2nc(Cl)c(N3CCN(C(=O)OC(C)(C)C)CC3)nc2cc1F. The Morgan fingerprint density at radius 3 is 2.38 bits per heavy atom. The van der Waals surface area contributed by atoms with Gasteiger partial charge >= 0.3 is 6.09 Å². The number of aromatic nitrogens is 2. The minimum absolute atomic E-state index is 0.272. The summed E-state index contributed by atoms with van der Waals surface area (Å²) in [5, 5.41) is 0.272. The third kappa shape index (κ3) is 3.98. The van der Waals surface area contributed by atoms with Crippen LogP contribution in [0.4, 0.5) is 15.0 Å². The summed E-state index contributed by atoms with van der Waals surface area (Å²) in [6.45, 7) is 9.28. The molecule has 0 unspecified atom stereocenters. The molecular weight excluding hydrogens is 359 g/mol. The van der Waals surface area contributed by atoms with Crippen molar-refractivity contribution in [3.8, 4) is 0 Å². The van der Waals surface area contributed by atoms with Crippen LogP contribution in [0.2, 0.25) is 5.15 Å². The van der Waals surface area contributed by atoms with Crippen LogP contribution in [0.3, 0.4) is 0 Å². The van der Waals surface area contributed by atoms with Crippen LogP contribution in [-0.2, 0) is 4.74 Å². The lowest BCUT2D eigenvalue weighted by Gasteiger charge is -2.36. The third-order valence-electron chi connectivity index (χ3n) is 4.12. The molecule has 1 aliphatic rings. The molecule has 1 saturated heterocycles. The van der Waals surface area contributed by atoms with E-state index in [2.05, 4.69) is 9.97 Å². The van der Waals surface area contributed by atoms with Crippen molar-refractivity contribution in [3.63, 3.8) is 0 Å². The van der Waals surface area contributed by atoms with E-state index in [0.717, 1.165) is 0 Å². The van der Waals surface area contributed by atoms with Gasteiger partial charge in [0.25, 0.3) is 0 Å². The summed E-state index contributed by atoms with van der Waals surface area (Å²) in [5.74, 6) is 0.182. The predicted octanol–water partition coefficient (Wildman–Crippen LogP) is 3.79. The first-order valence-electron chi connectivity index (χ1n) is 8.50. The normalized spacial score (nSPS) is 15.5. The molecular formula is C18H22ClFN4O2. The van der Waals surface area contributed by atoms with E-state index in [9.17, 15) is 9.18 Å². The molecule has 2 aromatic rings. The average molecular weight is 381 g/mol. The standard InChI is InChI=1S/C18H22ClFN4O2/c1-11-9-13-14(10-12(11)20)22-16(15(19)21-13)23-5-7-24(8-6-23)17(25)26-18(2,3)4/h9-10H,5-8H2,1-4H3. The molecule has 1 aliphatic heterocycles. The minimum Gasteiger partial charge on any atom is -0.444 e. The number of halogens is 2. The Kier molecular flexibility index (Phi) is 4.92. The van der Waals surface area contributed by atoms with E-state index < -0.39 is 5.60 Å². The zero-order valence-electron chi connectivity index (χ0n) is 15.3. The number of ether oxygens (including phenoxy) is 1. The van der Waals surface area contributed by atoms with Crippen molar-refractivity contribution in [1.82, 2.24) is 14.9 Å². The van der Waals surface area contributed by atoms with Crippen molar-refractivity contribution >= 4 is 34.5 Å². The van der Waals surface area contributed by atoms with Crippen LogP contribution in [-0.4, -0.2) is 52.7 Å². The maximum absolute atomic E-state index is 13.8. The number of amides is 1. The second kappa shape index (κ2) is 6.87. The number of anilines is 1. The van der Waals surface area contributed by atoms with Gasteiger partial charge in [0.15, 0.2) is 11.0 Å². The molecule has 3 rings (SSSR count). The van der Waals surface area contributed by atoms with Gasteiger partial charge < -0.3 is 14.5 Å². The molecule has 8 heteroatoms. The summed E-state index contributed by atoms with van der Waals surface area (Å²) in [4.78, 5) is 24.6. The molecule has 1 aromatic heterocycles. The van der Waals surface area contributed by atoms with Crippen LogP contribution in [0.15, 0.2) is 12.1 Å². The van der Waals surface area contributed by atoms with E-state index in [1.165, 1.54) is 6.07 Å². The summed E-state index contributed by atoms with van der Waals surface area (Å²) in [7, 11) is 0. The predicted molar refractivity (Wildman–Crippen MR) is 99.3 cm³/mol. The van der Waals surface area contributed by atoms with E-state index in [-0.39, 0.29) is 17.1 Å². The second-order valence-electron chi connectivity index (χ2n) is 7.38. The first kappa shape index (κ1) is 18.6. The molecule has 0 spiro atoms. The topological polar surface area (TPSA) is 58.6 Å². The van der Waals surface area contributed by atoms with Gasteiger partial charge in [0, 0.05) is 32.2 Å². The highest BCUT2D eigenvalue weighted by Gasteiger charge is 2.27. The second-order valence-corrected chi connectivity index (χ2v) is 7.74. The molecule has 140 valence electrons. The maximum Gasteiger partial charge on any atom is 0.410 e. The number of fused-ring (bicyclic) bond motifs is 1. The summed E-state index contributed by atoms with van der Waals surface area (Å²) >= 11 is 6.30. The van der Waals surface area contributed by atoms with Crippen LogP contribution in [0.1, 0.15) is 26.3 Å². The molecule has 0 saturated carbocycles. The quantitative estimate of drug-likeness (QED) is 0.753. The molecule has 2 heterocycles. The summed E-state index contributed by atoms with van der Waals surface area (Å²) in [6.07, 6.45) is -0.328. The maximum atomic E-state index is 13.8. The van der Waals surface area contributed by atoms with Crippen LogP contribution in [0.25, 0.3) is 11.0 Å². The number of benzene rings is 1. The summed E-state index contributed by atoms with van der Waals surface area (Å²) < 4.78 is 19.2. The number of piperazine rings is 1. The largest absolute Gasteiger partial charge is 0.444 e. The Bertz CT molecular complexity index is 845. The van der Waals surface area contributed by atoms with Gasteiger partial charge in [-0.3, -0.25) is 0 Å². The number of carbonyl (C=O) groups is 1. The fourth-order valence-corrected chi connectivity index (χ4v) is 3.03. The first-order chi connectivity index (χ1) is 12.1. The number of rotatable bonds is 1. The lowest BCUT2D eigenvalue weighted by Crippen LogP contribution is -2.50. The van der Waals surface area contributed by atoms with Gasteiger partial charge in [0.2, 0.25) is 0 Å². The van der Waals surface area contributed by atoms with Gasteiger partial charge in [0.1, 0.15) is 11.4 Å². The Labute approximate surface area is 156 Å². The van der Waals surface area contributed by atoms with Crippen molar-refractivity contribution in [3.05, 3.63) is 28.7 Å². The fraction of sp³-hybridized carbons (Fsp3) is 0.500. The Morgan fingerprint density at radius 1 is 1.15 bits per heavy atom. The number of aryl methyl sites for hydroxylation is 1. The van der Waals surface area contributed by atoms with Crippen molar-refractivity contribution in [1.29, 1.82) is 0 Å². The molecule has 6 nitrogen and oxygen atoms in total. The molecule has 26 heavy (non-hydrogen) atoms. The smallest absolute Gasteiger partial charge is 0.410 e.